The van der Waals surface area contributed by atoms with Gasteiger partial charge in [0.15, 0.2) is 0 Å². The Hall–Kier alpha value is -2.69. The summed E-state index contributed by atoms with van der Waals surface area (Å²) in [6, 6.07) is 11.7. The van der Waals surface area contributed by atoms with Gasteiger partial charge in [-0.05, 0) is 49.9 Å². The van der Waals surface area contributed by atoms with Crippen molar-refractivity contribution < 1.29 is 0 Å². The minimum Gasteiger partial charge on any atom is -0.255 e. The van der Waals surface area contributed by atoms with E-state index in [1.54, 1.807) is 6.20 Å². The van der Waals surface area contributed by atoms with E-state index < -0.39 is 0 Å². The van der Waals surface area contributed by atoms with Crippen LogP contribution in [0.3, 0.4) is 0 Å². The second kappa shape index (κ2) is 10.6. The second-order valence-electron chi connectivity index (χ2n) is 7.07. The summed E-state index contributed by atoms with van der Waals surface area (Å²) in [5, 5.41) is 8.95. The molecule has 0 atom stereocenters. The Kier molecular flexibility index (Phi) is 7.59. The maximum Gasteiger partial charge on any atom is 0.200 e. The van der Waals surface area contributed by atoms with Crippen molar-refractivity contribution in [2.75, 3.05) is 0 Å². The average molecular weight is 376 g/mol. The molecule has 0 bridgehead atoms. The molecule has 3 aromatic heterocycles. The van der Waals surface area contributed by atoms with Crippen LogP contribution < -0.4 is 0 Å². The first kappa shape index (κ1) is 20.1. The molecule has 3 heterocycles. The molecular weight excluding hydrogens is 346 g/mol. The molecule has 0 radical (unpaired) electrons. The lowest BCUT2D eigenvalue weighted by molar-refractivity contribution is 0.660. The van der Waals surface area contributed by atoms with E-state index >= 15 is 0 Å². The first-order valence-electron chi connectivity index (χ1n) is 10.4. The third kappa shape index (κ3) is 5.41. The zero-order valence-corrected chi connectivity index (χ0v) is 16.9. The summed E-state index contributed by atoms with van der Waals surface area (Å²) in [7, 11) is 0. The van der Waals surface area contributed by atoms with E-state index in [1.807, 2.05) is 36.4 Å². The Morgan fingerprint density at radius 2 is 1.36 bits per heavy atom. The van der Waals surface area contributed by atoms with E-state index in [4.69, 9.17) is 9.97 Å². The Morgan fingerprint density at radius 1 is 0.643 bits per heavy atom. The summed E-state index contributed by atoms with van der Waals surface area (Å²) in [4.78, 5) is 14.0. The van der Waals surface area contributed by atoms with Gasteiger partial charge >= 0.3 is 0 Å². The van der Waals surface area contributed by atoms with Crippen molar-refractivity contribution in [3.05, 3.63) is 54.0 Å². The lowest BCUT2D eigenvalue weighted by atomic mass is 10.1. The van der Waals surface area contributed by atoms with Crippen molar-refractivity contribution in [3.63, 3.8) is 0 Å². The Bertz CT molecular complexity index is 864. The molecule has 0 saturated heterocycles. The highest BCUT2D eigenvalue weighted by atomic mass is 15.2. The van der Waals surface area contributed by atoms with Crippen molar-refractivity contribution in [3.8, 4) is 22.9 Å². The van der Waals surface area contributed by atoms with Crippen molar-refractivity contribution in [1.82, 2.24) is 25.1 Å². The fourth-order valence-corrected chi connectivity index (χ4v) is 3.18. The van der Waals surface area contributed by atoms with Crippen molar-refractivity contribution in [2.45, 2.75) is 65.2 Å². The number of rotatable bonds is 10. The molecule has 28 heavy (non-hydrogen) atoms. The number of aryl methyl sites for hydroxylation is 2. The standard InChI is InChI=1S/C23H29N5/c1-3-5-7-13-20-21(14-8-6-4-2)27-28-23(26-20)22-16-11-15-19(25-22)18-12-9-10-17-24-18/h9-12,15-17H,3-8,13-14H2,1-2H3. The number of unbranched alkanes of at least 4 members (excludes halogenated alkanes) is 4. The Labute approximate surface area is 167 Å². The van der Waals surface area contributed by atoms with Crippen LogP contribution in [0.1, 0.15) is 63.8 Å². The van der Waals surface area contributed by atoms with Crippen molar-refractivity contribution in [2.24, 2.45) is 0 Å². The highest BCUT2D eigenvalue weighted by Gasteiger charge is 2.12. The molecule has 0 N–H and O–H groups in total. The molecule has 146 valence electrons. The quantitative estimate of drug-likeness (QED) is 0.440. The van der Waals surface area contributed by atoms with Gasteiger partial charge in [0.25, 0.3) is 0 Å². The van der Waals surface area contributed by atoms with Gasteiger partial charge in [0.1, 0.15) is 5.69 Å². The molecular formula is C23H29N5. The highest BCUT2D eigenvalue weighted by molar-refractivity contribution is 5.59. The van der Waals surface area contributed by atoms with Crippen LogP contribution in [0.5, 0.6) is 0 Å². The number of aromatic nitrogens is 5. The van der Waals surface area contributed by atoms with Gasteiger partial charge in [-0.15, -0.1) is 5.10 Å². The van der Waals surface area contributed by atoms with Gasteiger partial charge in [-0.2, -0.15) is 5.10 Å². The average Bonchev–Trinajstić information content (AvgIpc) is 2.75. The summed E-state index contributed by atoms with van der Waals surface area (Å²) in [6.07, 6.45) is 10.8. The smallest absolute Gasteiger partial charge is 0.200 e. The maximum absolute atomic E-state index is 4.87. The van der Waals surface area contributed by atoms with E-state index in [-0.39, 0.29) is 0 Å². The van der Waals surface area contributed by atoms with Crippen LogP contribution >= 0.6 is 0 Å². The molecule has 0 aliphatic rings. The predicted octanol–water partition coefficient (Wildman–Crippen LogP) is 5.46. The second-order valence-corrected chi connectivity index (χ2v) is 7.07. The number of hydrogen-bond acceptors (Lipinski definition) is 5. The van der Waals surface area contributed by atoms with Gasteiger partial charge in [-0.3, -0.25) is 4.98 Å². The lowest BCUT2D eigenvalue weighted by Crippen LogP contribution is -2.07. The predicted molar refractivity (Wildman–Crippen MR) is 113 cm³/mol. The van der Waals surface area contributed by atoms with Gasteiger partial charge in [-0.1, -0.05) is 51.7 Å². The van der Waals surface area contributed by atoms with Crippen LogP contribution in [0, 0.1) is 0 Å². The topological polar surface area (TPSA) is 64.5 Å². The third-order valence-corrected chi connectivity index (χ3v) is 4.78. The minimum absolute atomic E-state index is 0.600. The van der Waals surface area contributed by atoms with Crippen molar-refractivity contribution in [1.29, 1.82) is 0 Å². The zero-order chi connectivity index (χ0) is 19.6. The fraction of sp³-hybridized carbons (Fsp3) is 0.435. The van der Waals surface area contributed by atoms with Crippen LogP contribution in [0.15, 0.2) is 42.6 Å². The summed E-state index contributed by atoms with van der Waals surface area (Å²) in [5.74, 6) is 0.600. The van der Waals surface area contributed by atoms with E-state index in [0.717, 1.165) is 54.2 Å². The van der Waals surface area contributed by atoms with Gasteiger partial charge in [0.2, 0.25) is 5.82 Å². The van der Waals surface area contributed by atoms with E-state index in [0.29, 0.717) is 5.82 Å². The van der Waals surface area contributed by atoms with Gasteiger partial charge in [0.05, 0.1) is 22.8 Å². The molecule has 3 rings (SSSR count). The monoisotopic (exact) mass is 375 g/mol. The largest absolute Gasteiger partial charge is 0.255 e. The normalized spacial score (nSPS) is 10.9. The molecule has 3 aromatic rings. The van der Waals surface area contributed by atoms with Gasteiger partial charge < -0.3 is 0 Å². The van der Waals surface area contributed by atoms with Gasteiger partial charge in [0, 0.05) is 6.20 Å². The van der Waals surface area contributed by atoms with E-state index in [1.165, 1.54) is 25.7 Å². The Morgan fingerprint density at radius 3 is 2.07 bits per heavy atom. The maximum atomic E-state index is 4.87. The molecule has 0 amide bonds. The number of nitrogens with zero attached hydrogens (tertiary/aromatic N) is 5. The number of pyridine rings is 2. The van der Waals surface area contributed by atoms with Crippen LogP contribution in [0.4, 0.5) is 0 Å². The van der Waals surface area contributed by atoms with Crippen LogP contribution in [0.25, 0.3) is 22.9 Å². The van der Waals surface area contributed by atoms with Gasteiger partial charge in [-0.25, -0.2) is 9.97 Å². The molecule has 0 saturated carbocycles. The van der Waals surface area contributed by atoms with Crippen LogP contribution in [-0.2, 0) is 12.8 Å². The molecule has 5 heteroatoms. The molecule has 0 fully saturated rings. The highest BCUT2D eigenvalue weighted by Crippen LogP contribution is 2.20. The first-order chi connectivity index (χ1) is 13.8. The molecule has 0 aliphatic heterocycles. The minimum atomic E-state index is 0.600. The van der Waals surface area contributed by atoms with E-state index in [9.17, 15) is 0 Å². The summed E-state index contributed by atoms with van der Waals surface area (Å²) < 4.78 is 0. The molecule has 0 aliphatic carbocycles. The number of hydrogen-bond donors (Lipinski definition) is 0. The van der Waals surface area contributed by atoms with Crippen molar-refractivity contribution >= 4 is 0 Å². The molecule has 0 spiro atoms. The van der Waals surface area contributed by atoms with Crippen LogP contribution in [-0.4, -0.2) is 25.1 Å². The molecule has 5 nitrogen and oxygen atoms in total. The third-order valence-electron chi connectivity index (χ3n) is 4.78. The SMILES string of the molecule is CCCCCc1nnc(-c2cccc(-c3ccccn3)n2)nc1CCCCC. The summed E-state index contributed by atoms with van der Waals surface area (Å²) in [6.45, 7) is 4.44. The van der Waals surface area contributed by atoms with Crippen LogP contribution in [0.2, 0.25) is 0 Å². The summed E-state index contributed by atoms with van der Waals surface area (Å²) in [5.41, 5.74) is 4.54. The Balaban J connectivity index is 1.87. The first-order valence-corrected chi connectivity index (χ1v) is 10.4. The molecule has 0 aromatic carbocycles. The fourth-order valence-electron chi connectivity index (χ4n) is 3.18. The van der Waals surface area contributed by atoms with E-state index in [2.05, 4.69) is 29.0 Å². The zero-order valence-electron chi connectivity index (χ0n) is 16.9. The molecule has 0 unspecified atom stereocenters. The lowest BCUT2D eigenvalue weighted by Gasteiger charge is -2.09. The summed E-state index contributed by atoms with van der Waals surface area (Å²) >= 11 is 0.